The maximum absolute atomic E-state index is 5.62. The van der Waals surface area contributed by atoms with Gasteiger partial charge in [0.15, 0.2) is 11.5 Å². The van der Waals surface area contributed by atoms with E-state index in [-0.39, 0.29) is 0 Å². The van der Waals surface area contributed by atoms with Gasteiger partial charge in [-0.25, -0.2) is 0 Å². The van der Waals surface area contributed by atoms with E-state index < -0.39 is 0 Å². The first kappa shape index (κ1) is 15.8. The highest BCUT2D eigenvalue weighted by atomic mass is 16.5. The van der Waals surface area contributed by atoms with Gasteiger partial charge < -0.3 is 14.8 Å². The van der Waals surface area contributed by atoms with Crippen LogP contribution in [0.3, 0.4) is 0 Å². The molecular weight excluding hydrogens is 238 g/mol. The molecule has 0 saturated carbocycles. The van der Waals surface area contributed by atoms with Crippen LogP contribution >= 0.6 is 0 Å². The summed E-state index contributed by atoms with van der Waals surface area (Å²) in [7, 11) is 0. The zero-order chi connectivity index (χ0) is 14.1. The van der Waals surface area contributed by atoms with Gasteiger partial charge in [-0.2, -0.15) is 0 Å². The van der Waals surface area contributed by atoms with Gasteiger partial charge in [-0.15, -0.1) is 0 Å². The second kappa shape index (κ2) is 8.81. The molecule has 0 spiro atoms. The van der Waals surface area contributed by atoms with E-state index in [1.165, 1.54) is 12.0 Å². The van der Waals surface area contributed by atoms with E-state index in [2.05, 4.69) is 31.3 Å². The lowest BCUT2D eigenvalue weighted by Crippen LogP contribution is -2.16. The van der Waals surface area contributed by atoms with E-state index in [0.29, 0.717) is 13.2 Å². The van der Waals surface area contributed by atoms with Crippen molar-refractivity contribution in [1.82, 2.24) is 5.32 Å². The Kier molecular flexibility index (Phi) is 7.34. The average Bonchev–Trinajstić information content (AvgIpc) is 2.38. The lowest BCUT2D eigenvalue weighted by atomic mass is 10.1. The first-order chi connectivity index (χ1) is 9.17. The molecule has 0 amide bonds. The maximum Gasteiger partial charge on any atom is 0.161 e. The van der Waals surface area contributed by atoms with Gasteiger partial charge in [0.1, 0.15) is 0 Å². The molecule has 1 aromatic carbocycles. The summed E-state index contributed by atoms with van der Waals surface area (Å²) in [4.78, 5) is 0. The SMILES string of the molecule is CCOc1ccc(CNCCC(C)C)cc1OCC. The van der Waals surface area contributed by atoms with Crippen LogP contribution in [0.1, 0.15) is 39.7 Å². The van der Waals surface area contributed by atoms with E-state index in [9.17, 15) is 0 Å². The van der Waals surface area contributed by atoms with Crippen molar-refractivity contribution in [2.45, 2.75) is 40.7 Å². The van der Waals surface area contributed by atoms with Crippen molar-refractivity contribution in [1.29, 1.82) is 0 Å². The monoisotopic (exact) mass is 265 g/mol. The summed E-state index contributed by atoms with van der Waals surface area (Å²) < 4.78 is 11.2. The second-order valence-electron chi connectivity index (χ2n) is 5.01. The minimum atomic E-state index is 0.657. The van der Waals surface area contributed by atoms with Crippen molar-refractivity contribution >= 4 is 0 Å². The van der Waals surface area contributed by atoms with Crippen molar-refractivity contribution < 1.29 is 9.47 Å². The van der Waals surface area contributed by atoms with E-state index in [1.54, 1.807) is 0 Å². The van der Waals surface area contributed by atoms with Crippen molar-refractivity contribution in [2.75, 3.05) is 19.8 Å². The fourth-order valence-electron chi connectivity index (χ4n) is 1.83. The zero-order valence-corrected chi connectivity index (χ0v) is 12.7. The fraction of sp³-hybridized carbons (Fsp3) is 0.625. The molecule has 3 nitrogen and oxygen atoms in total. The summed E-state index contributed by atoms with van der Waals surface area (Å²) in [6.45, 7) is 11.7. The predicted molar refractivity (Wildman–Crippen MR) is 79.9 cm³/mol. The standard InChI is InChI=1S/C16H27NO2/c1-5-18-15-8-7-14(11-16(15)19-6-2)12-17-10-9-13(3)4/h7-8,11,13,17H,5-6,9-10,12H2,1-4H3. The third kappa shape index (κ3) is 5.97. The molecule has 0 radical (unpaired) electrons. The molecule has 0 atom stereocenters. The molecule has 0 unspecified atom stereocenters. The summed E-state index contributed by atoms with van der Waals surface area (Å²) in [6.07, 6.45) is 1.20. The first-order valence-corrected chi connectivity index (χ1v) is 7.26. The summed E-state index contributed by atoms with van der Waals surface area (Å²) in [5.41, 5.74) is 1.23. The van der Waals surface area contributed by atoms with Crippen LogP contribution in [0.2, 0.25) is 0 Å². The molecule has 108 valence electrons. The van der Waals surface area contributed by atoms with Crippen LogP contribution in [0, 0.1) is 5.92 Å². The Morgan fingerprint density at radius 2 is 1.74 bits per heavy atom. The molecule has 0 saturated heterocycles. The number of hydrogen-bond donors (Lipinski definition) is 1. The Balaban J connectivity index is 2.56. The lowest BCUT2D eigenvalue weighted by molar-refractivity contribution is 0.287. The van der Waals surface area contributed by atoms with Crippen LogP contribution in [0.25, 0.3) is 0 Å². The van der Waals surface area contributed by atoms with Crippen LogP contribution in [0.4, 0.5) is 0 Å². The quantitative estimate of drug-likeness (QED) is 0.692. The predicted octanol–water partition coefficient (Wildman–Crippen LogP) is 3.62. The minimum absolute atomic E-state index is 0.657. The molecule has 0 aliphatic rings. The Hall–Kier alpha value is -1.22. The van der Waals surface area contributed by atoms with Gasteiger partial charge in [-0.1, -0.05) is 19.9 Å². The Morgan fingerprint density at radius 1 is 1.05 bits per heavy atom. The molecule has 0 aliphatic carbocycles. The van der Waals surface area contributed by atoms with Crippen LogP contribution in [-0.4, -0.2) is 19.8 Å². The average molecular weight is 265 g/mol. The maximum atomic E-state index is 5.62. The van der Waals surface area contributed by atoms with E-state index in [1.807, 2.05) is 19.9 Å². The zero-order valence-electron chi connectivity index (χ0n) is 12.7. The third-order valence-electron chi connectivity index (χ3n) is 2.84. The number of rotatable bonds is 9. The van der Waals surface area contributed by atoms with Gasteiger partial charge in [-0.05, 0) is 50.4 Å². The van der Waals surface area contributed by atoms with Gasteiger partial charge in [-0.3, -0.25) is 0 Å². The Morgan fingerprint density at radius 3 is 2.37 bits per heavy atom. The topological polar surface area (TPSA) is 30.5 Å². The normalized spacial score (nSPS) is 10.8. The van der Waals surface area contributed by atoms with Gasteiger partial charge in [0, 0.05) is 6.54 Å². The van der Waals surface area contributed by atoms with Crippen LogP contribution in [-0.2, 0) is 6.54 Å². The van der Waals surface area contributed by atoms with Crippen molar-refractivity contribution in [2.24, 2.45) is 5.92 Å². The summed E-state index contributed by atoms with van der Waals surface area (Å²) >= 11 is 0. The molecule has 1 N–H and O–H groups in total. The summed E-state index contributed by atoms with van der Waals surface area (Å²) in [5, 5.41) is 3.46. The van der Waals surface area contributed by atoms with E-state index in [0.717, 1.165) is 30.5 Å². The van der Waals surface area contributed by atoms with Gasteiger partial charge in [0.2, 0.25) is 0 Å². The lowest BCUT2D eigenvalue weighted by Gasteiger charge is -2.13. The number of benzene rings is 1. The van der Waals surface area contributed by atoms with Crippen molar-refractivity contribution in [3.05, 3.63) is 23.8 Å². The Bertz CT molecular complexity index is 364. The number of hydrogen-bond acceptors (Lipinski definition) is 3. The van der Waals surface area contributed by atoms with Crippen molar-refractivity contribution in [3.63, 3.8) is 0 Å². The van der Waals surface area contributed by atoms with E-state index >= 15 is 0 Å². The highest BCUT2D eigenvalue weighted by Gasteiger charge is 2.05. The smallest absolute Gasteiger partial charge is 0.161 e. The van der Waals surface area contributed by atoms with Crippen LogP contribution in [0.5, 0.6) is 11.5 Å². The van der Waals surface area contributed by atoms with Crippen LogP contribution < -0.4 is 14.8 Å². The largest absolute Gasteiger partial charge is 0.490 e. The van der Waals surface area contributed by atoms with Gasteiger partial charge in [0.05, 0.1) is 13.2 Å². The van der Waals surface area contributed by atoms with Crippen LogP contribution in [0.15, 0.2) is 18.2 Å². The third-order valence-corrected chi connectivity index (χ3v) is 2.84. The highest BCUT2D eigenvalue weighted by molar-refractivity contribution is 5.43. The summed E-state index contributed by atoms with van der Waals surface area (Å²) in [5.74, 6) is 2.41. The summed E-state index contributed by atoms with van der Waals surface area (Å²) in [6, 6.07) is 6.15. The van der Waals surface area contributed by atoms with Crippen molar-refractivity contribution in [3.8, 4) is 11.5 Å². The molecule has 1 aromatic rings. The molecule has 1 rings (SSSR count). The molecule has 19 heavy (non-hydrogen) atoms. The first-order valence-electron chi connectivity index (χ1n) is 7.26. The van der Waals surface area contributed by atoms with Gasteiger partial charge in [0.25, 0.3) is 0 Å². The Labute approximate surface area is 117 Å². The minimum Gasteiger partial charge on any atom is -0.490 e. The molecule has 0 heterocycles. The molecule has 0 fully saturated rings. The molecular formula is C16H27NO2. The number of nitrogens with one attached hydrogen (secondary N) is 1. The molecule has 3 heteroatoms. The second-order valence-corrected chi connectivity index (χ2v) is 5.01. The number of ether oxygens (including phenoxy) is 2. The fourth-order valence-corrected chi connectivity index (χ4v) is 1.83. The van der Waals surface area contributed by atoms with E-state index in [4.69, 9.17) is 9.47 Å². The van der Waals surface area contributed by atoms with Gasteiger partial charge >= 0.3 is 0 Å². The molecule has 0 aliphatic heterocycles. The highest BCUT2D eigenvalue weighted by Crippen LogP contribution is 2.28. The molecule has 0 aromatic heterocycles. The molecule has 0 bridgehead atoms.